The number of piperidine rings is 1. The number of hydrogen-bond acceptors (Lipinski definition) is 4. The van der Waals surface area contributed by atoms with Crippen LogP contribution in [-0.4, -0.2) is 49.4 Å². The van der Waals surface area contributed by atoms with E-state index in [9.17, 15) is 9.59 Å². The van der Waals surface area contributed by atoms with Gasteiger partial charge >= 0.3 is 0 Å². The second kappa shape index (κ2) is 7.61. The molecule has 1 saturated heterocycles. The van der Waals surface area contributed by atoms with Crippen molar-refractivity contribution in [1.29, 1.82) is 0 Å². The number of amides is 2. The smallest absolute Gasteiger partial charge is 0.274 e. The van der Waals surface area contributed by atoms with Crippen molar-refractivity contribution < 1.29 is 9.59 Å². The summed E-state index contributed by atoms with van der Waals surface area (Å²) in [4.78, 5) is 27.3. The highest BCUT2D eigenvalue weighted by Crippen LogP contribution is 2.22. The maximum absolute atomic E-state index is 12.9. The summed E-state index contributed by atoms with van der Waals surface area (Å²) in [6.45, 7) is 5.11. The Labute approximate surface area is 160 Å². The molecular weight excluding hydrogens is 400 g/mol. The minimum absolute atomic E-state index is 0.0923. The Morgan fingerprint density at radius 2 is 1.96 bits per heavy atom. The number of nitrogens with zero attached hydrogens (tertiary/aromatic N) is 5. The monoisotopic (exact) mass is 422 g/mol. The number of aryl methyl sites for hydroxylation is 2. The Bertz CT molecular complexity index is 802. The van der Waals surface area contributed by atoms with E-state index in [1.54, 1.807) is 24.9 Å². The third-order valence-electron chi connectivity index (χ3n) is 4.68. The quantitative estimate of drug-likeness (QED) is 0.819. The summed E-state index contributed by atoms with van der Waals surface area (Å²) < 4.78 is 3.96. The van der Waals surface area contributed by atoms with E-state index in [-0.39, 0.29) is 11.8 Å². The molecule has 0 aromatic carbocycles. The number of hydrogen-bond donors (Lipinski definition) is 1. The van der Waals surface area contributed by atoms with E-state index in [4.69, 9.17) is 0 Å². The Morgan fingerprint density at radius 1 is 1.27 bits per heavy atom. The van der Waals surface area contributed by atoms with Gasteiger partial charge in [0.2, 0.25) is 5.91 Å². The summed E-state index contributed by atoms with van der Waals surface area (Å²) in [5.41, 5.74) is 1.65. The van der Waals surface area contributed by atoms with E-state index in [0.717, 1.165) is 42.5 Å². The zero-order valence-electron chi connectivity index (χ0n) is 15.2. The van der Waals surface area contributed by atoms with Crippen molar-refractivity contribution in [1.82, 2.24) is 24.5 Å². The van der Waals surface area contributed by atoms with Crippen LogP contribution in [0.3, 0.4) is 0 Å². The summed E-state index contributed by atoms with van der Waals surface area (Å²) in [6, 6.07) is -0.516. The van der Waals surface area contributed by atoms with Crippen LogP contribution in [0.4, 0.5) is 5.69 Å². The molecule has 1 fully saturated rings. The molecule has 0 aliphatic carbocycles. The standard InChI is InChI=1S/C17H23BrN6O2/c1-11-13(18)10-24(21-11)12(2)16(25)20-14-9-19-22(3)15(14)17(26)23-7-5-4-6-8-23/h9-10,12H,4-8H2,1-3H3,(H,20,25). The lowest BCUT2D eigenvalue weighted by Gasteiger charge is -2.27. The van der Waals surface area contributed by atoms with Gasteiger partial charge in [0.25, 0.3) is 5.91 Å². The number of likely N-dealkylation sites (tertiary alicyclic amines) is 1. The average Bonchev–Trinajstić information content (AvgIpc) is 3.16. The van der Waals surface area contributed by atoms with Crippen LogP contribution in [0.15, 0.2) is 16.9 Å². The van der Waals surface area contributed by atoms with Crippen LogP contribution in [0.5, 0.6) is 0 Å². The van der Waals surface area contributed by atoms with E-state index < -0.39 is 6.04 Å². The lowest BCUT2D eigenvalue weighted by Crippen LogP contribution is -2.37. The van der Waals surface area contributed by atoms with E-state index in [0.29, 0.717) is 11.4 Å². The molecule has 26 heavy (non-hydrogen) atoms. The Hall–Kier alpha value is -2.16. The van der Waals surface area contributed by atoms with E-state index in [2.05, 4.69) is 31.4 Å². The highest BCUT2D eigenvalue weighted by molar-refractivity contribution is 9.10. The van der Waals surface area contributed by atoms with Gasteiger partial charge in [-0.25, -0.2) is 0 Å². The van der Waals surface area contributed by atoms with Gasteiger partial charge in [-0.15, -0.1) is 0 Å². The highest BCUT2D eigenvalue weighted by Gasteiger charge is 2.26. The Balaban J connectivity index is 1.77. The van der Waals surface area contributed by atoms with Crippen LogP contribution >= 0.6 is 15.9 Å². The van der Waals surface area contributed by atoms with Crippen molar-refractivity contribution in [2.75, 3.05) is 18.4 Å². The lowest BCUT2D eigenvalue weighted by atomic mass is 10.1. The van der Waals surface area contributed by atoms with E-state index >= 15 is 0 Å². The summed E-state index contributed by atoms with van der Waals surface area (Å²) in [5.74, 6) is -0.342. The summed E-state index contributed by atoms with van der Waals surface area (Å²) in [6.07, 6.45) is 6.45. The zero-order chi connectivity index (χ0) is 18.8. The van der Waals surface area contributed by atoms with E-state index in [1.807, 2.05) is 11.8 Å². The number of halogens is 1. The summed E-state index contributed by atoms with van der Waals surface area (Å²) in [7, 11) is 1.71. The molecule has 2 aromatic rings. The van der Waals surface area contributed by atoms with Gasteiger partial charge < -0.3 is 10.2 Å². The molecule has 3 heterocycles. The SMILES string of the molecule is Cc1nn(C(C)C(=O)Nc2cnn(C)c2C(=O)N2CCCCC2)cc1Br. The topological polar surface area (TPSA) is 85.0 Å². The Kier molecular flexibility index (Phi) is 5.45. The van der Waals surface area contributed by atoms with Gasteiger partial charge in [0.15, 0.2) is 0 Å². The number of carbonyl (C=O) groups excluding carboxylic acids is 2. The molecule has 0 saturated carbocycles. The molecule has 1 N–H and O–H groups in total. The molecule has 1 atom stereocenters. The molecule has 9 heteroatoms. The average molecular weight is 423 g/mol. The fourth-order valence-electron chi connectivity index (χ4n) is 3.04. The first-order valence-corrected chi connectivity index (χ1v) is 9.51. The first-order valence-electron chi connectivity index (χ1n) is 8.72. The Morgan fingerprint density at radius 3 is 2.58 bits per heavy atom. The van der Waals surface area contributed by atoms with Gasteiger partial charge in [0, 0.05) is 26.3 Å². The van der Waals surface area contributed by atoms with Crippen molar-refractivity contribution in [3.05, 3.63) is 28.3 Å². The number of aromatic nitrogens is 4. The third-order valence-corrected chi connectivity index (χ3v) is 5.45. The normalized spacial score (nSPS) is 15.8. The van der Waals surface area contributed by atoms with Crippen molar-refractivity contribution in [3.63, 3.8) is 0 Å². The zero-order valence-corrected chi connectivity index (χ0v) is 16.8. The van der Waals surface area contributed by atoms with Crippen LogP contribution in [-0.2, 0) is 11.8 Å². The van der Waals surface area contributed by atoms with Crippen molar-refractivity contribution in [2.45, 2.75) is 39.2 Å². The van der Waals surface area contributed by atoms with Crippen LogP contribution in [0, 0.1) is 6.92 Å². The van der Waals surface area contributed by atoms with Crippen LogP contribution < -0.4 is 5.32 Å². The molecule has 0 bridgehead atoms. The molecule has 1 aliphatic heterocycles. The predicted octanol–water partition coefficient (Wildman–Crippen LogP) is 2.51. The molecular formula is C17H23BrN6O2. The summed E-state index contributed by atoms with van der Waals surface area (Å²) >= 11 is 3.40. The number of carbonyl (C=O) groups is 2. The molecule has 3 rings (SSSR count). The predicted molar refractivity (Wildman–Crippen MR) is 101 cm³/mol. The first-order chi connectivity index (χ1) is 12.4. The first kappa shape index (κ1) is 18.6. The van der Waals surface area contributed by atoms with Crippen molar-refractivity contribution in [3.8, 4) is 0 Å². The second-order valence-corrected chi connectivity index (χ2v) is 7.45. The van der Waals surface area contributed by atoms with Gasteiger partial charge in [0.1, 0.15) is 11.7 Å². The van der Waals surface area contributed by atoms with Crippen LogP contribution in [0.2, 0.25) is 0 Å². The van der Waals surface area contributed by atoms with Crippen LogP contribution in [0.1, 0.15) is 48.4 Å². The molecule has 2 aromatic heterocycles. The molecule has 8 nitrogen and oxygen atoms in total. The number of rotatable bonds is 4. The molecule has 2 amide bonds. The minimum atomic E-state index is -0.516. The lowest BCUT2D eigenvalue weighted by molar-refractivity contribution is -0.119. The number of anilines is 1. The number of nitrogens with one attached hydrogen (secondary N) is 1. The molecule has 1 unspecified atom stereocenters. The third kappa shape index (κ3) is 3.67. The molecule has 0 spiro atoms. The van der Waals surface area contributed by atoms with Crippen LogP contribution in [0.25, 0.3) is 0 Å². The highest BCUT2D eigenvalue weighted by atomic mass is 79.9. The minimum Gasteiger partial charge on any atom is -0.337 e. The van der Waals surface area contributed by atoms with E-state index in [1.165, 1.54) is 10.9 Å². The maximum atomic E-state index is 12.9. The van der Waals surface area contributed by atoms with Crippen molar-refractivity contribution in [2.24, 2.45) is 7.05 Å². The van der Waals surface area contributed by atoms with Gasteiger partial charge in [-0.1, -0.05) is 0 Å². The molecule has 1 aliphatic rings. The fraction of sp³-hybridized carbons (Fsp3) is 0.529. The second-order valence-electron chi connectivity index (χ2n) is 6.59. The molecule has 140 valence electrons. The fourth-order valence-corrected chi connectivity index (χ4v) is 3.33. The van der Waals surface area contributed by atoms with Gasteiger partial charge in [0.05, 0.1) is 22.1 Å². The van der Waals surface area contributed by atoms with Gasteiger partial charge in [-0.2, -0.15) is 10.2 Å². The molecule has 0 radical (unpaired) electrons. The van der Waals surface area contributed by atoms with Gasteiger partial charge in [-0.3, -0.25) is 19.0 Å². The van der Waals surface area contributed by atoms with Gasteiger partial charge in [-0.05, 0) is 49.0 Å². The maximum Gasteiger partial charge on any atom is 0.274 e. The summed E-state index contributed by atoms with van der Waals surface area (Å²) in [5, 5.41) is 11.3. The van der Waals surface area contributed by atoms with Crippen molar-refractivity contribution >= 4 is 33.4 Å². The largest absolute Gasteiger partial charge is 0.337 e.